The fourth-order valence-electron chi connectivity index (χ4n) is 2.01. The molecule has 0 aromatic heterocycles. The molecule has 0 radical (unpaired) electrons. The van der Waals surface area contributed by atoms with Crippen molar-refractivity contribution in [2.45, 2.75) is 45.8 Å². The number of amides is 2. The molecule has 1 rings (SSSR count). The fourth-order valence-corrected chi connectivity index (χ4v) is 2.01. The Balaban J connectivity index is 2.90. The largest absolute Gasteiger partial charge is 0.444 e. The summed E-state index contributed by atoms with van der Waals surface area (Å²) in [4.78, 5) is 24.2. The van der Waals surface area contributed by atoms with Gasteiger partial charge in [0, 0.05) is 13.5 Å². The summed E-state index contributed by atoms with van der Waals surface area (Å²) in [7, 11) is 1.43. The number of nitrogens with one attached hydrogen (secondary N) is 2. The lowest BCUT2D eigenvalue weighted by atomic mass is 10.0. The SMILES string of the molecule is COCNC(=O)C(Cc1cc(C)ccc1F)NC(=O)OC(C)(C)C. The molecule has 7 heteroatoms. The van der Waals surface area contributed by atoms with Gasteiger partial charge in [-0.2, -0.15) is 0 Å². The molecule has 0 fully saturated rings. The van der Waals surface area contributed by atoms with Gasteiger partial charge in [0.05, 0.1) is 0 Å². The number of ether oxygens (including phenoxy) is 2. The van der Waals surface area contributed by atoms with Crippen LogP contribution in [0.5, 0.6) is 0 Å². The first-order chi connectivity index (χ1) is 11.1. The maximum atomic E-state index is 14.0. The minimum absolute atomic E-state index is 0.00229. The zero-order valence-electron chi connectivity index (χ0n) is 14.7. The van der Waals surface area contributed by atoms with E-state index in [1.807, 2.05) is 6.92 Å². The topological polar surface area (TPSA) is 76.7 Å². The minimum atomic E-state index is -0.980. The highest BCUT2D eigenvalue weighted by Gasteiger charge is 2.25. The predicted molar refractivity (Wildman–Crippen MR) is 88.0 cm³/mol. The van der Waals surface area contributed by atoms with Crippen molar-refractivity contribution < 1.29 is 23.5 Å². The zero-order chi connectivity index (χ0) is 18.3. The molecule has 0 aliphatic carbocycles. The van der Waals surface area contributed by atoms with Crippen molar-refractivity contribution in [1.82, 2.24) is 10.6 Å². The van der Waals surface area contributed by atoms with Gasteiger partial charge in [-0.05, 0) is 39.3 Å². The van der Waals surface area contributed by atoms with Crippen molar-refractivity contribution in [1.29, 1.82) is 0 Å². The third-order valence-electron chi connectivity index (χ3n) is 3.02. The van der Waals surface area contributed by atoms with E-state index in [1.165, 1.54) is 13.2 Å². The smallest absolute Gasteiger partial charge is 0.408 e. The lowest BCUT2D eigenvalue weighted by molar-refractivity contribution is -0.124. The standard InChI is InChI=1S/C17H25FN2O4/c1-11-6-7-13(18)12(8-11)9-14(15(21)19-10-23-5)20-16(22)24-17(2,3)4/h6-8,14H,9-10H2,1-5H3,(H,19,21)(H,20,22). The van der Waals surface area contributed by atoms with Crippen LogP contribution in [0.25, 0.3) is 0 Å². The number of aryl methyl sites for hydroxylation is 1. The Morgan fingerprint density at radius 2 is 1.96 bits per heavy atom. The fraction of sp³-hybridized carbons (Fsp3) is 0.529. The number of rotatable bonds is 6. The minimum Gasteiger partial charge on any atom is -0.444 e. The van der Waals surface area contributed by atoms with Gasteiger partial charge < -0.3 is 20.1 Å². The van der Waals surface area contributed by atoms with E-state index < -0.39 is 29.5 Å². The van der Waals surface area contributed by atoms with Crippen molar-refractivity contribution in [3.63, 3.8) is 0 Å². The Morgan fingerprint density at radius 1 is 1.29 bits per heavy atom. The van der Waals surface area contributed by atoms with Crippen LogP contribution < -0.4 is 10.6 Å². The molecule has 0 saturated carbocycles. The summed E-state index contributed by atoms with van der Waals surface area (Å²) in [5.74, 6) is -0.917. The normalized spacial score (nSPS) is 12.4. The molecular formula is C17H25FN2O4. The molecular weight excluding hydrogens is 315 g/mol. The average Bonchev–Trinajstić information content (AvgIpc) is 2.45. The first-order valence-corrected chi connectivity index (χ1v) is 7.63. The van der Waals surface area contributed by atoms with Gasteiger partial charge in [-0.15, -0.1) is 0 Å². The molecule has 0 spiro atoms. The second-order valence-electron chi connectivity index (χ2n) is 6.47. The third kappa shape index (κ3) is 6.95. The molecule has 24 heavy (non-hydrogen) atoms. The number of hydrogen-bond donors (Lipinski definition) is 2. The summed E-state index contributed by atoms with van der Waals surface area (Å²) >= 11 is 0. The number of carbonyl (C=O) groups excluding carboxylic acids is 2. The predicted octanol–water partition coefficient (Wildman–Crippen LogP) is 2.29. The molecule has 1 atom stereocenters. The second kappa shape index (κ2) is 8.63. The van der Waals surface area contributed by atoms with Gasteiger partial charge in [0.25, 0.3) is 0 Å². The van der Waals surface area contributed by atoms with Gasteiger partial charge in [0.2, 0.25) is 5.91 Å². The number of benzene rings is 1. The Bertz CT molecular complexity index is 584. The highest BCUT2D eigenvalue weighted by Crippen LogP contribution is 2.13. The maximum Gasteiger partial charge on any atom is 0.408 e. The van der Waals surface area contributed by atoms with E-state index in [0.29, 0.717) is 5.56 Å². The van der Waals surface area contributed by atoms with Crippen LogP contribution in [0.3, 0.4) is 0 Å². The van der Waals surface area contributed by atoms with E-state index >= 15 is 0 Å². The van der Waals surface area contributed by atoms with E-state index in [4.69, 9.17) is 9.47 Å². The molecule has 2 N–H and O–H groups in total. The van der Waals surface area contributed by atoms with Crippen molar-refractivity contribution >= 4 is 12.0 Å². The third-order valence-corrected chi connectivity index (χ3v) is 3.02. The van der Waals surface area contributed by atoms with Crippen molar-refractivity contribution in [2.75, 3.05) is 13.8 Å². The summed E-state index contributed by atoms with van der Waals surface area (Å²) in [6.07, 6.45) is -0.740. The van der Waals surface area contributed by atoms with Crippen molar-refractivity contribution in [3.05, 3.63) is 35.1 Å². The van der Waals surface area contributed by atoms with Crippen LogP contribution in [0.15, 0.2) is 18.2 Å². The summed E-state index contributed by atoms with van der Waals surface area (Å²) in [5.41, 5.74) is 0.495. The van der Waals surface area contributed by atoms with E-state index in [0.717, 1.165) is 5.56 Å². The Labute approximate surface area is 141 Å². The van der Waals surface area contributed by atoms with Crippen molar-refractivity contribution in [3.8, 4) is 0 Å². The Kier molecular flexibility index (Phi) is 7.16. The van der Waals surface area contributed by atoms with Crippen LogP contribution in [-0.4, -0.2) is 37.5 Å². The van der Waals surface area contributed by atoms with Crippen LogP contribution in [0, 0.1) is 12.7 Å². The summed E-state index contributed by atoms with van der Waals surface area (Å²) < 4.78 is 23.9. The lowest BCUT2D eigenvalue weighted by Gasteiger charge is -2.23. The zero-order valence-corrected chi connectivity index (χ0v) is 14.7. The number of alkyl carbamates (subject to hydrolysis) is 1. The molecule has 0 aliphatic rings. The van der Waals surface area contributed by atoms with Gasteiger partial charge in [0.1, 0.15) is 24.2 Å². The first kappa shape index (κ1) is 19.9. The summed E-state index contributed by atoms with van der Waals surface area (Å²) in [6, 6.07) is 3.64. The highest BCUT2D eigenvalue weighted by molar-refractivity contribution is 5.85. The van der Waals surface area contributed by atoms with Gasteiger partial charge in [-0.3, -0.25) is 4.79 Å². The number of carbonyl (C=O) groups is 2. The van der Waals surface area contributed by atoms with Gasteiger partial charge >= 0.3 is 6.09 Å². The molecule has 0 aliphatic heterocycles. The molecule has 0 heterocycles. The average molecular weight is 340 g/mol. The van der Waals surface area contributed by atoms with Crippen LogP contribution in [-0.2, 0) is 20.7 Å². The monoisotopic (exact) mass is 340 g/mol. The molecule has 6 nitrogen and oxygen atoms in total. The molecule has 134 valence electrons. The molecule has 0 saturated heterocycles. The quantitative estimate of drug-likeness (QED) is 0.779. The summed E-state index contributed by atoms with van der Waals surface area (Å²) in [6.45, 7) is 6.96. The van der Waals surface area contributed by atoms with E-state index in [1.54, 1.807) is 32.9 Å². The Hall–Kier alpha value is -2.15. The molecule has 1 aromatic rings. The van der Waals surface area contributed by atoms with Gasteiger partial charge in [-0.25, -0.2) is 9.18 Å². The molecule has 1 unspecified atom stereocenters. The maximum absolute atomic E-state index is 14.0. The van der Waals surface area contributed by atoms with Crippen LogP contribution in [0.4, 0.5) is 9.18 Å². The molecule has 2 amide bonds. The molecule has 0 bridgehead atoms. The van der Waals surface area contributed by atoms with Crippen LogP contribution in [0.1, 0.15) is 31.9 Å². The van der Waals surface area contributed by atoms with Crippen LogP contribution >= 0.6 is 0 Å². The van der Waals surface area contributed by atoms with Crippen LogP contribution in [0.2, 0.25) is 0 Å². The lowest BCUT2D eigenvalue weighted by Crippen LogP contribution is -2.49. The highest BCUT2D eigenvalue weighted by atomic mass is 19.1. The number of halogens is 1. The second-order valence-corrected chi connectivity index (χ2v) is 6.47. The van der Waals surface area contributed by atoms with E-state index in [-0.39, 0.29) is 13.2 Å². The van der Waals surface area contributed by atoms with Crippen molar-refractivity contribution in [2.24, 2.45) is 0 Å². The molecule has 1 aromatic carbocycles. The summed E-state index contributed by atoms with van der Waals surface area (Å²) in [5, 5.41) is 4.98. The van der Waals surface area contributed by atoms with E-state index in [9.17, 15) is 14.0 Å². The number of hydrogen-bond acceptors (Lipinski definition) is 4. The van der Waals surface area contributed by atoms with Gasteiger partial charge in [-0.1, -0.05) is 17.7 Å². The van der Waals surface area contributed by atoms with Gasteiger partial charge in [0.15, 0.2) is 0 Å². The first-order valence-electron chi connectivity index (χ1n) is 7.63. The number of methoxy groups -OCH3 is 1. The van der Waals surface area contributed by atoms with E-state index in [2.05, 4.69) is 10.6 Å². The Morgan fingerprint density at radius 3 is 2.54 bits per heavy atom.